The molecule has 0 aromatic heterocycles. The van der Waals surface area contributed by atoms with Gasteiger partial charge in [0.05, 0.1) is 26.7 Å². The SMILES string of the molecule is CCOC(=O)CCN1CCN(CC=C2CN(C(C(=O)OC)c3ccccc3F)CCC2SC(C)=O)CC1=O. The zero-order valence-electron chi connectivity index (χ0n) is 22.2. The fraction of sp³-hybridized carbons (Fsp3) is 0.556. The van der Waals surface area contributed by atoms with Crippen molar-refractivity contribution >= 4 is 34.7 Å². The Kier molecular flexibility index (Phi) is 11.3. The summed E-state index contributed by atoms with van der Waals surface area (Å²) in [6, 6.07) is 5.27. The number of esters is 2. The van der Waals surface area contributed by atoms with Gasteiger partial charge in [-0.1, -0.05) is 36.0 Å². The zero-order chi connectivity index (χ0) is 27.7. The minimum absolute atomic E-state index is 0.00152. The normalized spacial score (nSPS) is 20.8. The maximum absolute atomic E-state index is 14.7. The van der Waals surface area contributed by atoms with Crippen LogP contribution in [0.4, 0.5) is 4.39 Å². The molecule has 2 saturated heterocycles. The molecule has 2 unspecified atom stereocenters. The third-order valence-electron chi connectivity index (χ3n) is 6.68. The smallest absolute Gasteiger partial charge is 0.327 e. The summed E-state index contributed by atoms with van der Waals surface area (Å²) in [5.74, 6) is -1.39. The van der Waals surface area contributed by atoms with E-state index >= 15 is 0 Å². The second-order valence-corrected chi connectivity index (χ2v) is 10.6. The molecule has 11 heteroatoms. The second kappa shape index (κ2) is 14.4. The fourth-order valence-electron chi connectivity index (χ4n) is 4.77. The molecule has 0 bridgehead atoms. The molecular weight excluding hydrogens is 513 g/mol. The van der Waals surface area contributed by atoms with Crippen LogP contribution in [0.3, 0.4) is 0 Å². The molecular formula is C27H36FN3O6S. The molecule has 2 fully saturated rings. The van der Waals surface area contributed by atoms with E-state index in [1.807, 2.05) is 15.9 Å². The lowest BCUT2D eigenvalue weighted by molar-refractivity contribution is -0.148. The highest BCUT2D eigenvalue weighted by atomic mass is 32.2. The number of ether oxygens (including phenoxy) is 2. The molecule has 38 heavy (non-hydrogen) atoms. The summed E-state index contributed by atoms with van der Waals surface area (Å²) in [5.41, 5.74) is 1.21. The Morgan fingerprint density at radius 1 is 1.18 bits per heavy atom. The number of rotatable bonds is 10. The number of piperazine rings is 1. The molecule has 0 radical (unpaired) electrons. The predicted octanol–water partition coefficient (Wildman–Crippen LogP) is 2.42. The van der Waals surface area contributed by atoms with Crippen LogP contribution in [-0.4, -0.2) is 102 Å². The van der Waals surface area contributed by atoms with Crippen LogP contribution in [0.15, 0.2) is 35.9 Å². The van der Waals surface area contributed by atoms with Gasteiger partial charge in [0.1, 0.15) is 11.9 Å². The van der Waals surface area contributed by atoms with Crippen LogP contribution in [-0.2, 0) is 28.7 Å². The van der Waals surface area contributed by atoms with Gasteiger partial charge >= 0.3 is 11.9 Å². The number of thioether (sulfide) groups is 1. The van der Waals surface area contributed by atoms with Gasteiger partial charge in [0.25, 0.3) is 0 Å². The van der Waals surface area contributed by atoms with Crippen molar-refractivity contribution < 1.29 is 33.0 Å². The molecule has 1 aromatic rings. The van der Waals surface area contributed by atoms with Crippen LogP contribution in [0, 0.1) is 5.82 Å². The molecule has 2 atom stereocenters. The topological polar surface area (TPSA) is 96.5 Å². The van der Waals surface area contributed by atoms with Crippen LogP contribution in [0.1, 0.15) is 38.3 Å². The van der Waals surface area contributed by atoms with Gasteiger partial charge in [-0.15, -0.1) is 0 Å². The number of nitrogens with zero attached hydrogens (tertiary/aromatic N) is 3. The molecule has 0 spiro atoms. The van der Waals surface area contributed by atoms with E-state index in [4.69, 9.17) is 9.47 Å². The summed E-state index contributed by atoms with van der Waals surface area (Å²) < 4.78 is 24.6. The first kappa shape index (κ1) is 29.8. The van der Waals surface area contributed by atoms with Gasteiger partial charge in [-0.05, 0) is 25.0 Å². The Morgan fingerprint density at radius 3 is 2.61 bits per heavy atom. The molecule has 1 amide bonds. The van der Waals surface area contributed by atoms with E-state index in [9.17, 15) is 23.6 Å². The number of amides is 1. The first-order valence-corrected chi connectivity index (χ1v) is 13.7. The van der Waals surface area contributed by atoms with Crippen LogP contribution in [0.25, 0.3) is 0 Å². The van der Waals surface area contributed by atoms with Crippen molar-refractivity contribution in [3.05, 3.63) is 47.3 Å². The first-order valence-electron chi connectivity index (χ1n) is 12.8. The highest BCUT2D eigenvalue weighted by Crippen LogP contribution is 2.34. The fourth-order valence-corrected chi connectivity index (χ4v) is 5.72. The van der Waals surface area contributed by atoms with Crippen molar-refractivity contribution in [1.82, 2.24) is 14.7 Å². The van der Waals surface area contributed by atoms with Crippen LogP contribution >= 0.6 is 11.8 Å². The van der Waals surface area contributed by atoms with Crippen LogP contribution < -0.4 is 0 Å². The average molecular weight is 550 g/mol. The number of piperidine rings is 1. The predicted molar refractivity (Wildman–Crippen MR) is 142 cm³/mol. The molecule has 1 aromatic carbocycles. The van der Waals surface area contributed by atoms with Crippen molar-refractivity contribution in [2.24, 2.45) is 0 Å². The third kappa shape index (κ3) is 8.12. The van der Waals surface area contributed by atoms with Crippen molar-refractivity contribution in [3.63, 3.8) is 0 Å². The van der Waals surface area contributed by atoms with E-state index in [1.54, 1.807) is 30.0 Å². The lowest BCUT2D eigenvalue weighted by atomic mass is 9.97. The molecule has 3 rings (SSSR count). The van der Waals surface area contributed by atoms with E-state index in [-0.39, 0.29) is 40.8 Å². The number of benzene rings is 1. The number of hydrogen-bond acceptors (Lipinski definition) is 9. The van der Waals surface area contributed by atoms with E-state index in [0.29, 0.717) is 52.3 Å². The van der Waals surface area contributed by atoms with Gasteiger partial charge < -0.3 is 14.4 Å². The Hall–Kier alpha value is -2.76. The Morgan fingerprint density at radius 2 is 1.95 bits per heavy atom. The minimum Gasteiger partial charge on any atom is -0.468 e. The largest absolute Gasteiger partial charge is 0.468 e. The van der Waals surface area contributed by atoms with E-state index in [2.05, 4.69) is 0 Å². The Bertz CT molecular complexity index is 1050. The van der Waals surface area contributed by atoms with Crippen molar-refractivity contribution in [2.75, 3.05) is 59.5 Å². The van der Waals surface area contributed by atoms with Gasteiger partial charge in [0.15, 0.2) is 5.12 Å². The molecule has 2 aliphatic heterocycles. The van der Waals surface area contributed by atoms with Crippen molar-refractivity contribution in [3.8, 4) is 0 Å². The lowest BCUT2D eigenvalue weighted by Gasteiger charge is -2.38. The van der Waals surface area contributed by atoms with Gasteiger partial charge in [-0.3, -0.25) is 24.2 Å². The quantitative estimate of drug-likeness (QED) is 0.322. The molecule has 2 heterocycles. The summed E-state index contributed by atoms with van der Waals surface area (Å²) in [4.78, 5) is 54.5. The molecule has 0 saturated carbocycles. The third-order valence-corrected chi connectivity index (χ3v) is 7.83. The molecule has 0 N–H and O–H groups in total. The van der Waals surface area contributed by atoms with Gasteiger partial charge in [0, 0.05) is 57.0 Å². The molecule has 2 aliphatic rings. The number of methoxy groups -OCH3 is 1. The summed E-state index contributed by atoms with van der Waals surface area (Å²) in [6.45, 7) is 6.67. The zero-order valence-corrected chi connectivity index (χ0v) is 23.0. The summed E-state index contributed by atoms with van der Waals surface area (Å²) in [5, 5.41) is -0.0670. The van der Waals surface area contributed by atoms with Crippen molar-refractivity contribution in [1.29, 1.82) is 0 Å². The van der Waals surface area contributed by atoms with Gasteiger partial charge in [-0.2, -0.15) is 0 Å². The van der Waals surface area contributed by atoms with Crippen LogP contribution in [0.5, 0.6) is 0 Å². The maximum atomic E-state index is 14.7. The second-order valence-electron chi connectivity index (χ2n) is 9.25. The number of hydrogen-bond donors (Lipinski definition) is 0. The van der Waals surface area contributed by atoms with E-state index in [1.165, 1.54) is 31.9 Å². The average Bonchev–Trinajstić information content (AvgIpc) is 2.89. The summed E-state index contributed by atoms with van der Waals surface area (Å²) in [6.07, 6.45) is 2.80. The highest BCUT2D eigenvalue weighted by Gasteiger charge is 2.36. The monoisotopic (exact) mass is 549 g/mol. The first-order chi connectivity index (χ1) is 18.2. The van der Waals surface area contributed by atoms with Crippen molar-refractivity contribution in [2.45, 2.75) is 38.0 Å². The Labute approximate surface area is 227 Å². The number of halogens is 1. The molecule has 9 nitrogen and oxygen atoms in total. The molecule has 0 aliphatic carbocycles. The molecule has 208 valence electrons. The lowest BCUT2D eigenvalue weighted by Crippen LogP contribution is -2.51. The standard InChI is InChI=1S/C27H36FN3O6S/c1-4-37-25(34)11-14-30-16-15-29(18-24(30)33)12-9-20-17-31(13-10-23(20)38-19(2)32)26(27(35)36-3)21-7-5-6-8-22(21)28/h5-9,23,26H,4,10-18H2,1-3H3. The number of carbonyl (C=O) groups is 4. The van der Waals surface area contributed by atoms with Crippen LogP contribution in [0.2, 0.25) is 0 Å². The van der Waals surface area contributed by atoms with E-state index in [0.717, 1.165) is 5.57 Å². The Balaban J connectivity index is 1.70. The van der Waals surface area contributed by atoms with Gasteiger partial charge in [0.2, 0.25) is 5.91 Å². The maximum Gasteiger partial charge on any atom is 0.327 e. The van der Waals surface area contributed by atoms with Gasteiger partial charge in [-0.25, -0.2) is 9.18 Å². The summed E-state index contributed by atoms with van der Waals surface area (Å²) >= 11 is 1.25. The minimum atomic E-state index is -0.905. The number of likely N-dealkylation sites (tertiary alicyclic amines) is 1. The highest BCUT2D eigenvalue weighted by molar-refractivity contribution is 8.14. The number of carbonyl (C=O) groups excluding carboxylic acids is 4. The summed E-state index contributed by atoms with van der Waals surface area (Å²) in [7, 11) is 1.29. The van der Waals surface area contributed by atoms with E-state index < -0.39 is 17.8 Å².